The summed E-state index contributed by atoms with van der Waals surface area (Å²) < 4.78 is 0.378. The molecule has 0 spiro atoms. The van der Waals surface area contributed by atoms with Crippen molar-refractivity contribution >= 4 is 46.3 Å². The molecule has 132 valence electrons. The van der Waals surface area contributed by atoms with Gasteiger partial charge in [-0.15, -0.1) is 0 Å². The number of aliphatic carboxylic acids is 1. The van der Waals surface area contributed by atoms with E-state index in [1.54, 1.807) is 6.08 Å². The molecule has 1 aliphatic heterocycles. The Bertz CT molecular complexity index is 876. The normalized spacial score (nSPS) is 17.0. The molecule has 1 heterocycles. The number of benzene rings is 2. The van der Waals surface area contributed by atoms with Crippen LogP contribution in [-0.2, 0) is 9.59 Å². The number of thiocarbonyl (C=S) groups is 1. The van der Waals surface area contributed by atoms with Gasteiger partial charge in [-0.05, 0) is 24.1 Å². The van der Waals surface area contributed by atoms with Gasteiger partial charge in [-0.2, -0.15) is 0 Å². The first-order valence-electron chi connectivity index (χ1n) is 8.06. The molecule has 4 nitrogen and oxygen atoms in total. The first-order chi connectivity index (χ1) is 12.5. The second kappa shape index (κ2) is 7.85. The third-order valence-corrected chi connectivity index (χ3v) is 5.39. The summed E-state index contributed by atoms with van der Waals surface area (Å²) in [6.45, 7) is 2.00. The van der Waals surface area contributed by atoms with Gasteiger partial charge in [0.05, 0.1) is 17.4 Å². The summed E-state index contributed by atoms with van der Waals surface area (Å²) in [5, 5.41) is 9.30. The van der Waals surface area contributed by atoms with E-state index in [9.17, 15) is 14.7 Å². The summed E-state index contributed by atoms with van der Waals surface area (Å²) in [4.78, 5) is 26.2. The first-order valence-corrected chi connectivity index (χ1v) is 9.28. The number of carbonyl (C=O) groups excluding carboxylic acids is 1. The van der Waals surface area contributed by atoms with Crippen molar-refractivity contribution in [3.05, 3.63) is 76.2 Å². The second-order valence-electron chi connectivity index (χ2n) is 5.99. The van der Waals surface area contributed by atoms with E-state index in [2.05, 4.69) is 0 Å². The summed E-state index contributed by atoms with van der Waals surface area (Å²) in [7, 11) is 0. The van der Waals surface area contributed by atoms with Crippen LogP contribution in [0.4, 0.5) is 0 Å². The van der Waals surface area contributed by atoms with Gasteiger partial charge < -0.3 is 5.11 Å². The molecule has 1 fully saturated rings. The number of hydrogen-bond acceptors (Lipinski definition) is 4. The number of carboxylic acids is 1. The van der Waals surface area contributed by atoms with E-state index in [1.807, 2.05) is 61.5 Å². The second-order valence-corrected chi connectivity index (χ2v) is 7.66. The lowest BCUT2D eigenvalue weighted by molar-refractivity contribution is -0.138. The number of rotatable bonds is 5. The maximum absolute atomic E-state index is 12.9. The monoisotopic (exact) mass is 383 g/mol. The van der Waals surface area contributed by atoms with Crippen LogP contribution in [0.15, 0.2) is 59.5 Å². The Kier molecular flexibility index (Phi) is 5.54. The van der Waals surface area contributed by atoms with Gasteiger partial charge in [-0.1, -0.05) is 84.1 Å². The summed E-state index contributed by atoms with van der Waals surface area (Å²) in [5.74, 6) is -1.23. The van der Waals surface area contributed by atoms with Crippen molar-refractivity contribution in [1.29, 1.82) is 0 Å². The third kappa shape index (κ3) is 4.03. The van der Waals surface area contributed by atoms with Crippen LogP contribution in [-0.4, -0.2) is 26.2 Å². The minimum absolute atomic E-state index is 0.200. The van der Waals surface area contributed by atoms with Gasteiger partial charge >= 0.3 is 5.97 Å². The van der Waals surface area contributed by atoms with Gasteiger partial charge in [0.25, 0.3) is 5.91 Å². The highest BCUT2D eigenvalue weighted by Crippen LogP contribution is 2.39. The van der Waals surface area contributed by atoms with Crippen molar-refractivity contribution in [1.82, 2.24) is 4.90 Å². The van der Waals surface area contributed by atoms with Gasteiger partial charge in [-0.3, -0.25) is 14.5 Å². The standard InChI is InChI=1S/C20H17NO3S2/c1-13-7-9-14(10-8-13)11-17-19(24)21(20(25)26-17)16(12-18(22)23)15-5-3-2-4-6-15/h2-11,16H,12H2,1H3,(H,22,23)/b17-11-/t16-/m1/s1. The molecule has 0 aromatic heterocycles. The molecule has 3 rings (SSSR count). The number of amides is 1. The fourth-order valence-corrected chi connectivity index (χ4v) is 4.12. The summed E-state index contributed by atoms with van der Waals surface area (Å²) in [6.07, 6.45) is 1.59. The fourth-order valence-electron chi connectivity index (χ4n) is 2.76. The highest BCUT2D eigenvalue weighted by molar-refractivity contribution is 8.26. The molecule has 0 bridgehead atoms. The Balaban J connectivity index is 1.93. The predicted octanol–water partition coefficient (Wildman–Crippen LogP) is 4.41. The number of aryl methyl sites for hydroxylation is 1. The Morgan fingerprint density at radius 1 is 1.19 bits per heavy atom. The maximum Gasteiger partial charge on any atom is 0.305 e. The fraction of sp³-hybridized carbons (Fsp3) is 0.150. The van der Waals surface area contributed by atoms with Crippen LogP contribution in [0.2, 0.25) is 0 Å². The zero-order valence-corrected chi connectivity index (χ0v) is 15.7. The van der Waals surface area contributed by atoms with Crippen molar-refractivity contribution < 1.29 is 14.7 Å². The number of thioether (sulfide) groups is 1. The molecule has 1 amide bonds. The number of carbonyl (C=O) groups is 2. The molecule has 0 saturated carbocycles. The lowest BCUT2D eigenvalue weighted by Crippen LogP contribution is -2.34. The molecular weight excluding hydrogens is 366 g/mol. The van der Waals surface area contributed by atoms with E-state index in [0.717, 1.165) is 16.7 Å². The first kappa shape index (κ1) is 18.4. The predicted molar refractivity (Wildman–Crippen MR) is 108 cm³/mol. The molecule has 0 aliphatic carbocycles. The average molecular weight is 383 g/mol. The quantitative estimate of drug-likeness (QED) is 0.612. The number of nitrogens with zero attached hydrogens (tertiary/aromatic N) is 1. The molecule has 1 N–H and O–H groups in total. The van der Waals surface area contributed by atoms with Crippen molar-refractivity contribution in [2.75, 3.05) is 0 Å². The van der Waals surface area contributed by atoms with Gasteiger partial charge in [0.2, 0.25) is 0 Å². The van der Waals surface area contributed by atoms with Crippen molar-refractivity contribution in [2.45, 2.75) is 19.4 Å². The van der Waals surface area contributed by atoms with E-state index in [0.29, 0.717) is 9.23 Å². The SMILES string of the molecule is Cc1ccc(/C=C2\SC(=S)N([C@H](CC(=O)O)c3ccccc3)C2=O)cc1. The molecule has 6 heteroatoms. The van der Waals surface area contributed by atoms with Crippen LogP contribution in [0.3, 0.4) is 0 Å². The highest BCUT2D eigenvalue weighted by Gasteiger charge is 2.38. The Labute approximate surface area is 161 Å². The van der Waals surface area contributed by atoms with E-state index in [1.165, 1.54) is 16.7 Å². The van der Waals surface area contributed by atoms with E-state index >= 15 is 0 Å². The largest absolute Gasteiger partial charge is 0.481 e. The molecule has 1 atom stereocenters. The van der Waals surface area contributed by atoms with E-state index in [-0.39, 0.29) is 12.3 Å². The van der Waals surface area contributed by atoms with Crippen LogP contribution < -0.4 is 0 Å². The van der Waals surface area contributed by atoms with Gasteiger partial charge in [0.15, 0.2) is 0 Å². The smallest absolute Gasteiger partial charge is 0.305 e. The summed E-state index contributed by atoms with van der Waals surface area (Å²) >= 11 is 6.60. The number of carboxylic acid groups (broad SMARTS) is 1. The number of hydrogen-bond donors (Lipinski definition) is 1. The van der Waals surface area contributed by atoms with Crippen LogP contribution >= 0.6 is 24.0 Å². The molecule has 2 aromatic rings. The van der Waals surface area contributed by atoms with Gasteiger partial charge in [-0.25, -0.2) is 0 Å². The zero-order valence-electron chi connectivity index (χ0n) is 14.1. The van der Waals surface area contributed by atoms with Crippen molar-refractivity contribution in [2.24, 2.45) is 0 Å². The van der Waals surface area contributed by atoms with E-state index < -0.39 is 12.0 Å². The maximum atomic E-state index is 12.9. The molecule has 1 aliphatic rings. The van der Waals surface area contributed by atoms with Gasteiger partial charge in [0, 0.05) is 0 Å². The average Bonchev–Trinajstić information content (AvgIpc) is 2.89. The lowest BCUT2D eigenvalue weighted by Gasteiger charge is -2.26. The molecule has 2 aromatic carbocycles. The molecular formula is C20H17NO3S2. The molecule has 26 heavy (non-hydrogen) atoms. The summed E-state index contributed by atoms with van der Waals surface area (Å²) in [5.41, 5.74) is 2.80. The Morgan fingerprint density at radius 2 is 1.85 bits per heavy atom. The molecule has 1 saturated heterocycles. The molecule has 0 unspecified atom stereocenters. The van der Waals surface area contributed by atoms with Crippen LogP contribution in [0.1, 0.15) is 29.2 Å². The van der Waals surface area contributed by atoms with Crippen molar-refractivity contribution in [3.8, 4) is 0 Å². The lowest BCUT2D eigenvalue weighted by atomic mass is 10.0. The topological polar surface area (TPSA) is 57.6 Å². The minimum atomic E-state index is -0.976. The highest BCUT2D eigenvalue weighted by atomic mass is 32.2. The van der Waals surface area contributed by atoms with Crippen LogP contribution in [0.25, 0.3) is 6.08 Å². The summed E-state index contributed by atoms with van der Waals surface area (Å²) in [6, 6.07) is 16.3. The van der Waals surface area contributed by atoms with Crippen LogP contribution in [0, 0.1) is 6.92 Å². The Hall–Kier alpha value is -2.44. The van der Waals surface area contributed by atoms with Gasteiger partial charge in [0.1, 0.15) is 4.32 Å². The van der Waals surface area contributed by atoms with Crippen LogP contribution in [0.5, 0.6) is 0 Å². The molecule has 0 radical (unpaired) electrons. The Morgan fingerprint density at radius 3 is 2.46 bits per heavy atom. The zero-order chi connectivity index (χ0) is 18.7. The minimum Gasteiger partial charge on any atom is -0.481 e. The van der Waals surface area contributed by atoms with Crippen molar-refractivity contribution in [3.63, 3.8) is 0 Å². The van der Waals surface area contributed by atoms with E-state index in [4.69, 9.17) is 12.2 Å². The third-order valence-electron chi connectivity index (χ3n) is 4.06.